The molecular formula is C14H12N2O2. The molecule has 0 saturated carbocycles. The largest absolute Gasteiger partial charge is 0.496 e. The van der Waals surface area contributed by atoms with E-state index in [2.05, 4.69) is 11.1 Å². The van der Waals surface area contributed by atoms with E-state index in [-0.39, 0.29) is 0 Å². The number of rotatable bonds is 3. The number of hydrogen-bond acceptors (Lipinski definition) is 4. The van der Waals surface area contributed by atoms with Crippen LogP contribution in [-0.4, -0.2) is 19.2 Å². The van der Waals surface area contributed by atoms with Crippen molar-refractivity contribution in [3.63, 3.8) is 0 Å². The third-order valence-corrected chi connectivity index (χ3v) is 2.62. The first-order valence-corrected chi connectivity index (χ1v) is 5.36. The topological polar surface area (TPSA) is 55.1 Å². The normalized spacial score (nSPS) is 9.61. The van der Waals surface area contributed by atoms with Gasteiger partial charge in [-0.15, -0.1) is 0 Å². The van der Waals surface area contributed by atoms with E-state index in [9.17, 15) is 0 Å². The second-order valence-corrected chi connectivity index (χ2v) is 3.60. The van der Waals surface area contributed by atoms with Crippen LogP contribution in [0.1, 0.15) is 5.56 Å². The standard InChI is InChI=1S/C14H12N2O2/c1-17-13-4-3-10(8-15)7-11(13)12-9-16-6-5-14(12)18-2/h3-7,9H,1-2H3. The van der Waals surface area contributed by atoms with E-state index in [1.165, 1.54) is 0 Å². The molecule has 1 aromatic carbocycles. The van der Waals surface area contributed by atoms with Crippen LogP contribution in [0.3, 0.4) is 0 Å². The summed E-state index contributed by atoms with van der Waals surface area (Å²) >= 11 is 0. The van der Waals surface area contributed by atoms with E-state index in [1.54, 1.807) is 50.9 Å². The zero-order valence-corrected chi connectivity index (χ0v) is 10.2. The number of nitrogens with zero attached hydrogens (tertiary/aromatic N) is 2. The Kier molecular flexibility index (Phi) is 3.44. The maximum Gasteiger partial charge on any atom is 0.129 e. The van der Waals surface area contributed by atoms with Gasteiger partial charge in [0.2, 0.25) is 0 Å². The monoisotopic (exact) mass is 240 g/mol. The fourth-order valence-corrected chi connectivity index (χ4v) is 1.75. The molecule has 1 heterocycles. The summed E-state index contributed by atoms with van der Waals surface area (Å²) in [5.74, 6) is 1.37. The minimum absolute atomic E-state index is 0.566. The third kappa shape index (κ3) is 2.11. The molecule has 0 fully saturated rings. The molecule has 0 radical (unpaired) electrons. The molecule has 0 bridgehead atoms. The van der Waals surface area contributed by atoms with Crippen LogP contribution in [0, 0.1) is 11.3 Å². The first-order chi connectivity index (χ1) is 8.80. The molecular weight excluding hydrogens is 228 g/mol. The van der Waals surface area contributed by atoms with Crippen LogP contribution < -0.4 is 9.47 Å². The molecule has 0 aliphatic carbocycles. The third-order valence-electron chi connectivity index (χ3n) is 2.62. The summed E-state index contributed by atoms with van der Waals surface area (Å²) in [6.07, 6.45) is 3.35. The summed E-state index contributed by atoms with van der Waals surface area (Å²) in [6.45, 7) is 0. The van der Waals surface area contributed by atoms with Crippen molar-refractivity contribution in [2.75, 3.05) is 14.2 Å². The SMILES string of the molecule is COc1ccncc1-c1cc(C#N)ccc1OC. The zero-order chi connectivity index (χ0) is 13.0. The molecule has 0 spiro atoms. The van der Waals surface area contributed by atoms with Gasteiger partial charge in [0.05, 0.1) is 25.9 Å². The second kappa shape index (κ2) is 5.19. The van der Waals surface area contributed by atoms with Gasteiger partial charge in [-0.25, -0.2) is 0 Å². The van der Waals surface area contributed by atoms with Gasteiger partial charge in [0.15, 0.2) is 0 Å². The van der Waals surface area contributed by atoms with Crippen LogP contribution in [0.2, 0.25) is 0 Å². The van der Waals surface area contributed by atoms with Crippen molar-refractivity contribution in [1.29, 1.82) is 5.26 Å². The molecule has 0 amide bonds. The summed E-state index contributed by atoms with van der Waals surface area (Å²) in [6, 6.07) is 9.12. The Balaban J connectivity index is 2.65. The fraction of sp³-hybridized carbons (Fsp3) is 0.143. The van der Waals surface area contributed by atoms with Gasteiger partial charge in [0, 0.05) is 23.5 Å². The number of aromatic nitrogens is 1. The molecule has 4 nitrogen and oxygen atoms in total. The van der Waals surface area contributed by atoms with Gasteiger partial charge in [-0.05, 0) is 24.3 Å². The van der Waals surface area contributed by atoms with Crippen LogP contribution in [0.5, 0.6) is 11.5 Å². The van der Waals surface area contributed by atoms with Crippen LogP contribution in [-0.2, 0) is 0 Å². The van der Waals surface area contributed by atoms with Crippen molar-refractivity contribution in [2.24, 2.45) is 0 Å². The molecule has 0 saturated heterocycles. The van der Waals surface area contributed by atoms with Gasteiger partial charge >= 0.3 is 0 Å². The fourth-order valence-electron chi connectivity index (χ4n) is 1.75. The van der Waals surface area contributed by atoms with Gasteiger partial charge in [-0.1, -0.05) is 0 Å². The van der Waals surface area contributed by atoms with Crippen molar-refractivity contribution in [2.45, 2.75) is 0 Å². The lowest BCUT2D eigenvalue weighted by Gasteiger charge is -2.11. The highest BCUT2D eigenvalue weighted by molar-refractivity contribution is 5.76. The smallest absolute Gasteiger partial charge is 0.129 e. The van der Waals surface area contributed by atoms with E-state index >= 15 is 0 Å². The molecule has 0 N–H and O–H groups in total. The van der Waals surface area contributed by atoms with Crippen LogP contribution in [0.25, 0.3) is 11.1 Å². The van der Waals surface area contributed by atoms with Gasteiger partial charge in [-0.3, -0.25) is 4.98 Å². The average molecular weight is 240 g/mol. The Hall–Kier alpha value is -2.54. The highest BCUT2D eigenvalue weighted by Gasteiger charge is 2.11. The number of ether oxygens (including phenoxy) is 2. The van der Waals surface area contributed by atoms with E-state index in [4.69, 9.17) is 14.7 Å². The minimum Gasteiger partial charge on any atom is -0.496 e. The number of nitriles is 1. The average Bonchev–Trinajstić information content (AvgIpc) is 2.46. The Bertz CT molecular complexity index is 603. The molecule has 1 aromatic heterocycles. The summed E-state index contributed by atoms with van der Waals surface area (Å²) < 4.78 is 10.6. The Morgan fingerprint density at radius 1 is 1.06 bits per heavy atom. The van der Waals surface area contributed by atoms with Gasteiger partial charge in [0.25, 0.3) is 0 Å². The molecule has 2 aromatic rings. The first-order valence-electron chi connectivity index (χ1n) is 5.36. The summed E-state index contributed by atoms with van der Waals surface area (Å²) in [4.78, 5) is 4.08. The second-order valence-electron chi connectivity index (χ2n) is 3.60. The van der Waals surface area contributed by atoms with Crippen molar-refractivity contribution in [3.8, 4) is 28.7 Å². The lowest BCUT2D eigenvalue weighted by atomic mass is 10.0. The van der Waals surface area contributed by atoms with E-state index < -0.39 is 0 Å². The lowest BCUT2D eigenvalue weighted by molar-refractivity contribution is 0.410. The lowest BCUT2D eigenvalue weighted by Crippen LogP contribution is -1.93. The molecule has 4 heteroatoms. The number of hydrogen-bond donors (Lipinski definition) is 0. The Labute approximate surface area is 105 Å². The highest BCUT2D eigenvalue weighted by atomic mass is 16.5. The predicted molar refractivity (Wildman–Crippen MR) is 67.5 cm³/mol. The van der Waals surface area contributed by atoms with Crippen molar-refractivity contribution >= 4 is 0 Å². The van der Waals surface area contributed by atoms with Gasteiger partial charge in [-0.2, -0.15) is 5.26 Å². The number of methoxy groups -OCH3 is 2. The van der Waals surface area contributed by atoms with Crippen molar-refractivity contribution in [3.05, 3.63) is 42.2 Å². The molecule has 0 aliphatic heterocycles. The molecule has 0 atom stereocenters. The van der Waals surface area contributed by atoms with Gasteiger partial charge in [0.1, 0.15) is 11.5 Å². The van der Waals surface area contributed by atoms with E-state index in [0.717, 1.165) is 11.1 Å². The number of pyridine rings is 1. The van der Waals surface area contributed by atoms with Crippen molar-refractivity contribution in [1.82, 2.24) is 4.98 Å². The predicted octanol–water partition coefficient (Wildman–Crippen LogP) is 2.64. The highest BCUT2D eigenvalue weighted by Crippen LogP contribution is 2.35. The quantitative estimate of drug-likeness (QED) is 0.827. The van der Waals surface area contributed by atoms with Crippen molar-refractivity contribution < 1.29 is 9.47 Å². The summed E-state index contributed by atoms with van der Waals surface area (Å²) in [5.41, 5.74) is 2.16. The number of benzene rings is 1. The molecule has 0 aliphatic rings. The summed E-state index contributed by atoms with van der Waals surface area (Å²) in [7, 11) is 3.19. The van der Waals surface area contributed by atoms with E-state index in [0.29, 0.717) is 17.1 Å². The summed E-state index contributed by atoms with van der Waals surface area (Å²) in [5, 5.41) is 8.96. The zero-order valence-electron chi connectivity index (χ0n) is 10.2. The maximum absolute atomic E-state index is 8.96. The first kappa shape index (κ1) is 11.9. The molecule has 18 heavy (non-hydrogen) atoms. The molecule has 0 unspecified atom stereocenters. The Morgan fingerprint density at radius 3 is 2.44 bits per heavy atom. The van der Waals surface area contributed by atoms with Crippen LogP contribution in [0.4, 0.5) is 0 Å². The molecule has 2 rings (SSSR count). The minimum atomic E-state index is 0.566. The molecule has 90 valence electrons. The van der Waals surface area contributed by atoms with Gasteiger partial charge < -0.3 is 9.47 Å². The van der Waals surface area contributed by atoms with Crippen LogP contribution >= 0.6 is 0 Å². The van der Waals surface area contributed by atoms with Crippen LogP contribution in [0.15, 0.2) is 36.7 Å². The van der Waals surface area contributed by atoms with E-state index in [1.807, 2.05) is 0 Å². The Morgan fingerprint density at radius 2 is 1.78 bits per heavy atom. The maximum atomic E-state index is 8.96.